The van der Waals surface area contributed by atoms with Crippen LogP contribution in [0.5, 0.6) is 0 Å². The molecule has 0 unspecified atom stereocenters. The van der Waals surface area contributed by atoms with Crippen LogP contribution in [0.25, 0.3) is 17.2 Å². The highest BCUT2D eigenvalue weighted by Gasteiger charge is 2.28. The number of halogens is 2. The number of fused-ring (bicyclic) bond motifs is 2. The number of aryl methyl sites for hydroxylation is 1. The second-order valence-electron chi connectivity index (χ2n) is 14.2. The molecule has 0 amide bonds. The fourth-order valence-corrected chi connectivity index (χ4v) is 7.80. The molecule has 0 spiro atoms. The molecule has 2 aliphatic carbocycles. The standard InChI is InChI=1S/C41H40Br2/c1-24-21-29-22-33-35(26-11-9-10-12-26)25(2)39(41(6,7)8)38(37(33)32(29)23-34(24)40(3,4)5)36(27-13-17-30(42)18-14-27)28-15-19-31(43)20-16-28/h9-11,13-23H,12H2,1-8H3. The fraction of sp³-hybridized carbons (Fsp3) is 0.268. The zero-order valence-corrected chi connectivity index (χ0v) is 29.7. The van der Waals surface area contributed by atoms with Crippen LogP contribution in [-0.4, -0.2) is 0 Å². The number of rotatable bonds is 3. The Hall–Kier alpha value is -2.94. The summed E-state index contributed by atoms with van der Waals surface area (Å²) < 4.78 is 2.17. The minimum absolute atomic E-state index is 0.0459. The van der Waals surface area contributed by atoms with Crippen molar-refractivity contribution in [3.63, 3.8) is 0 Å². The van der Waals surface area contributed by atoms with E-state index in [4.69, 9.17) is 0 Å². The van der Waals surface area contributed by atoms with Crippen molar-refractivity contribution in [3.8, 4) is 0 Å². The van der Waals surface area contributed by atoms with Gasteiger partial charge in [0.2, 0.25) is 0 Å². The van der Waals surface area contributed by atoms with E-state index in [1.54, 1.807) is 0 Å². The summed E-state index contributed by atoms with van der Waals surface area (Å²) in [5, 5.41) is 5.41. The quantitative estimate of drug-likeness (QED) is 0.177. The minimum Gasteiger partial charge on any atom is -0.0801 e. The van der Waals surface area contributed by atoms with Gasteiger partial charge in [0.05, 0.1) is 0 Å². The van der Waals surface area contributed by atoms with Gasteiger partial charge in [-0.2, -0.15) is 0 Å². The van der Waals surface area contributed by atoms with Crippen molar-refractivity contribution in [2.75, 3.05) is 0 Å². The van der Waals surface area contributed by atoms with E-state index >= 15 is 0 Å². The summed E-state index contributed by atoms with van der Waals surface area (Å²) in [5.41, 5.74) is 13.5. The summed E-state index contributed by atoms with van der Waals surface area (Å²) in [6.07, 6.45) is 10.3. The number of allylic oxidation sites excluding steroid dienone is 4. The molecule has 0 saturated heterocycles. The van der Waals surface area contributed by atoms with Crippen LogP contribution in [0, 0.1) is 24.3 Å². The first-order chi connectivity index (χ1) is 20.3. The second kappa shape index (κ2) is 10.9. The number of hydrogen-bond acceptors (Lipinski definition) is 0. The van der Waals surface area contributed by atoms with E-state index in [9.17, 15) is 0 Å². The van der Waals surface area contributed by atoms with Gasteiger partial charge in [-0.05, 0) is 144 Å². The SMILES string of the molecule is Cc1cc2c(cc1C(C)(C)C)=c1c(c(C3=CC=CC3)c(C)c(C(C)(C)C)c1=C(c1ccc(Br)cc1)c1ccc(Br)cc1)C=2. The van der Waals surface area contributed by atoms with Crippen LogP contribution in [0.4, 0.5) is 0 Å². The van der Waals surface area contributed by atoms with E-state index in [0.717, 1.165) is 15.4 Å². The molecule has 43 heavy (non-hydrogen) atoms. The smallest absolute Gasteiger partial charge is 0.0175 e. The Morgan fingerprint density at radius 1 is 0.744 bits per heavy atom. The minimum atomic E-state index is -0.0912. The predicted octanol–water partition coefficient (Wildman–Crippen LogP) is 10.4. The molecule has 218 valence electrons. The van der Waals surface area contributed by atoms with Crippen LogP contribution in [0.2, 0.25) is 0 Å². The van der Waals surface area contributed by atoms with Gasteiger partial charge in [-0.1, -0.05) is 122 Å². The highest BCUT2D eigenvalue weighted by atomic mass is 79.9. The highest BCUT2D eigenvalue weighted by Crippen LogP contribution is 2.38. The van der Waals surface area contributed by atoms with Crippen molar-refractivity contribution < 1.29 is 0 Å². The molecule has 0 aliphatic heterocycles. The Balaban J connectivity index is 2.00. The molecule has 0 radical (unpaired) electrons. The summed E-state index contributed by atoms with van der Waals surface area (Å²) in [5.74, 6) is 0. The van der Waals surface area contributed by atoms with Crippen LogP contribution >= 0.6 is 31.9 Å². The lowest BCUT2D eigenvalue weighted by molar-refractivity contribution is 0.580. The van der Waals surface area contributed by atoms with E-state index in [2.05, 4.69) is 172 Å². The molecule has 4 aromatic carbocycles. The molecule has 2 aliphatic rings. The van der Waals surface area contributed by atoms with Gasteiger partial charge in [0, 0.05) is 8.95 Å². The van der Waals surface area contributed by atoms with E-state index in [0.29, 0.717) is 0 Å². The lowest BCUT2D eigenvalue weighted by atomic mass is 9.75. The van der Waals surface area contributed by atoms with Crippen molar-refractivity contribution in [2.24, 2.45) is 0 Å². The lowest BCUT2D eigenvalue weighted by Crippen LogP contribution is -2.30. The topological polar surface area (TPSA) is 0 Å². The highest BCUT2D eigenvalue weighted by molar-refractivity contribution is 9.10. The van der Waals surface area contributed by atoms with Gasteiger partial charge >= 0.3 is 0 Å². The average molecular weight is 693 g/mol. The molecule has 0 bridgehead atoms. The van der Waals surface area contributed by atoms with Gasteiger partial charge in [-0.3, -0.25) is 0 Å². The van der Waals surface area contributed by atoms with Gasteiger partial charge < -0.3 is 0 Å². The van der Waals surface area contributed by atoms with Crippen LogP contribution < -0.4 is 10.4 Å². The molecule has 0 fully saturated rings. The zero-order valence-electron chi connectivity index (χ0n) is 26.5. The Morgan fingerprint density at radius 2 is 1.33 bits per heavy atom. The first-order valence-corrected chi connectivity index (χ1v) is 16.8. The van der Waals surface area contributed by atoms with Crippen molar-refractivity contribution in [1.29, 1.82) is 0 Å². The maximum atomic E-state index is 3.69. The third-order valence-electron chi connectivity index (χ3n) is 8.92. The van der Waals surface area contributed by atoms with Crippen LogP contribution in [0.1, 0.15) is 92.5 Å². The Labute approximate surface area is 273 Å². The summed E-state index contributed by atoms with van der Waals surface area (Å²) in [6.45, 7) is 18.8. The van der Waals surface area contributed by atoms with Gasteiger partial charge in [0.25, 0.3) is 0 Å². The number of benzene rings is 4. The van der Waals surface area contributed by atoms with Crippen LogP contribution in [0.3, 0.4) is 0 Å². The Morgan fingerprint density at radius 3 is 1.81 bits per heavy atom. The molecule has 4 aromatic rings. The molecule has 6 rings (SSSR count). The van der Waals surface area contributed by atoms with Crippen molar-refractivity contribution in [3.05, 3.63) is 153 Å². The normalized spacial score (nSPS) is 14.0. The van der Waals surface area contributed by atoms with E-state index in [-0.39, 0.29) is 10.8 Å². The molecular weight excluding hydrogens is 652 g/mol. The van der Waals surface area contributed by atoms with E-state index in [1.807, 2.05) is 0 Å². The molecule has 0 nitrogen and oxygen atoms in total. The Kier molecular flexibility index (Phi) is 7.63. The average Bonchev–Trinajstić information content (AvgIpc) is 3.57. The van der Waals surface area contributed by atoms with Crippen molar-refractivity contribution in [2.45, 2.75) is 72.6 Å². The van der Waals surface area contributed by atoms with Gasteiger partial charge in [-0.15, -0.1) is 0 Å². The summed E-state index contributed by atoms with van der Waals surface area (Å²) >= 11 is 7.39. The molecule has 0 saturated carbocycles. The van der Waals surface area contributed by atoms with Crippen molar-refractivity contribution in [1.82, 2.24) is 0 Å². The first-order valence-electron chi connectivity index (χ1n) is 15.2. The molecule has 0 atom stereocenters. The fourth-order valence-electron chi connectivity index (χ4n) is 7.28. The first kappa shape index (κ1) is 30.1. The van der Waals surface area contributed by atoms with Gasteiger partial charge in [0.1, 0.15) is 0 Å². The molecule has 0 N–H and O–H groups in total. The molecule has 0 heterocycles. The maximum absolute atomic E-state index is 3.69. The van der Waals surface area contributed by atoms with Crippen LogP contribution in [-0.2, 0) is 10.8 Å². The molecular formula is C41H40Br2. The zero-order chi connectivity index (χ0) is 30.8. The molecule has 2 heteroatoms. The predicted molar refractivity (Wildman–Crippen MR) is 192 cm³/mol. The third-order valence-corrected chi connectivity index (χ3v) is 9.98. The summed E-state index contributed by atoms with van der Waals surface area (Å²) in [7, 11) is 0. The maximum Gasteiger partial charge on any atom is 0.0175 e. The lowest BCUT2D eigenvalue weighted by Gasteiger charge is -2.28. The molecule has 0 aromatic heterocycles. The Bertz CT molecular complexity index is 2010. The van der Waals surface area contributed by atoms with Gasteiger partial charge in [0.15, 0.2) is 0 Å². The summed E-state index contributed by atoms with van der Waals surface area (Å²) in [4.78, 5) is 0. The third kappa shape index (κ3) is 5.36. The summed E-state index contributed by atoms with van der Waals surface area (Å²) in [6, 6.07) is 22.7. The van der Waals surface area contributed by atoms with E-state index < -0.39 is 0 Å². The second-order valence-corrected chi connectivity index (χ2v) is 16.0. The number of hydrogen-bond donors (Lipinski definition) is 0. The van der Waals surface area contributed by atoms with Crippen LogP contribution in [0.15, 0.2) is 87.8 Å². The van der Waals surface area contributed by atoms with Gasteiger partial charge in [-0.25, -0.2) is 0 Å². The monoisotopic (exact) mass is 690 g/mol. The largest absolute Gasteiger partial charge is 0.0801 e. The van der Waals surface area contributed by atoms with Crippen molar-refractivity contribution >= 4 is 49.1 Å². The van der Waals surface area contributed by atoms with E-state index in [1.165, 1.54) is 76.5 Å².